The third-order valence-corrected chi connectivity index (χ3v) is 16.7. The van der Waals surface area contributed by atoms with E-state index < -0.39 is 33.3 Å². The topological polar surface area (TPSA) is 145 Å². The van der Waals surface area contributed by atoms with E-state index >= 15 is 9.59 Å². The van der Waals surface area contributed by atoms with Gasteiger partial charge in [0.25, 0.3) is 5.69 Å². The lowest BCUT2D eigenvalue weighted by atomic mass is 9.33. The molecule has 0 saturated heterocycles. The molecule has 1 aliphatic heterocycles. The molecule has 5 aliphatic carbocycles. The highest BCUT2D eigenvalue weighted by Gasteiger charge is 2.73. The van der Waals surface area contributed by atoms with E-state index in [4.69, 9.17) is 9.47 Å². The molecule has 2 heterocycles. The van der Waals surface area contributed by atoms with Gasteiger partial charge in [-0.05, 0) is 109 Å². The molecule has 0 bridgehead atoms. The number of carbonyl (C=O) groups is 2. The second-order valence-corrected chi connectivity index (χ2v) is 19.4. The van der Waals surface area contributed by atoms with Gasteiger partial charge in [-0.15, -0.1) is 0 Å². The molecule has 3 unspecified atom stereocenters. The minimum Gasteiger partial charge on any atom is -0.465 e. The van der Waals surface area contributed by atoms with E-state index in [0.717, 1.165) is 43.1 Å². The van der Waals surface area contributed by atoms with Crippen LogP contribution >= 0.6 is 0 Å². The number of nitrogens with zero attached hydrogens (tertiary/aromatic N) is 4. The lowest BCUT2D eigenvalue weighted by Crippen LogP contribution is -2.67. The number of ether oxygens (including phenoxy) is 2. The minimum atomic E-state index is -0.857. The van der Waals surface area contributed by atoms with E-state index in [0.29, 0.717) is 19.3 Å². The third-order valence-electron chi connectivity index (χ3n) is 16.7. The van der Waals surface area contributed by atoms with Gasteiger partial charge in [-0.25, -0.2) is 23.5 Å². The lowest BCUT2D eigenvalue weighted by molar-refractivity contribution is -0.384. The summed E-state index contributed by atoms with van der Waals surface area (Å²) >= 11 is 0. The number of nitro benzene ring substituents is 1. The maximum atomic E-state index is 15.2. The number of rotatable bonds is 6. The molecule has 292 valence electrons. The smallest absolute Gasteiger partial charge is 0.352 e. The number of hydrogen-bond donors (Lipinski definition) is 0. The molecular weight excluding hydrogens is 688 g/mol. The summed E-state index contributed by atoms with van der Waals surface area (Å²) in [6, 6.07) is 5.35. The summed E-state index contributed by atoms with van der Waals surface area (Å²) in [5.74, 6) is -0.244. The standard InChI is InChI=1S/C42H56N4O8/c1-24(2)42-20-19-41(23-53-25(3)47)18-17-40(9)33(34(41)42)29(44-35(49)43(36(50)45(42)44)27-11-10-12-28(21-27)46(51)52)22-31-38(7)15-14-32(54-26(4)48)37(5,6)30(38)13-16-39(31,40)8/h10-12,21,24,29-32H,13-20,22-23H2,1-9H3/t29?,30?,31?,32-,38-,39+,40+,41-,42-/m0/s1. The van der Waals surface area contributed by atoms with Crippen molar-refractivity contribution in [3.63, 3.8) is 0 Å². The molecule has 4 fully saturated rings. The third kappa shape index (κ3) is 4.42. The van der Waals surface area contributed by atoms with E-state index in [1.165, 1.54) is 43.2 Å². The number of allylic oxidation sites excluding steroid dienone is 1. The normalized spacial score (nSPS) is 38.6. The number of hydrogen-bond acceptors (Lipinski definition) is 8. The van der Waals surface area contributed by atoms with E-state index in [9.17, 15) is 19.7 Å². The summed E-state index contributed by atoms with van der Waals surface area (Å²) in [4.78, 5) is 66.4. The van der Waals surface area contributed by atoms with Crippen LogP contribution < -0.4 is 11.4 Å². The first kappa shape index (κ1) is 37.0. The molecule has 6 aliphatic rings. The Kier molecular flexibility index (Phi) is 7.90. The number of benzene rings is 1. The van der Waals surface area contributed by atoms with Crippen molar-refractivity contribution in [1.29, 1.82) is 0 Å². The van der Waals surface area contributed by atoms with Crippen molar-refractivity contribution in [3.05, 3.63) is 66.5 Å². The van der Waals surface area contributed by atoms with Crippen molar-refractivity contribution in [2.75, 3.05) is 6.61 Å². The molecule has 0 radical (unpaired) electrons. The Morgan fingerprint density at radius 2 is 1.63 bits per heavy atom. The molecule has 1 aromatic carbocycles. The zero-order valence-corrected chi connectivity index (χ0v) is 33.3. The Morgan fingerprint density at radius 3 is 2.28 bits per heavy atom. The SMILES string of the molecule is CC(=O)OC[C@]12CC[C@]3(C(C)C)C1=C1C(CC4[C@@]5(C)CC[C@H](OC(C)=O)C(C)(C)C5CC[C@@]4(C)[C@]1(C)CC2)n1c(=O)n(-c2cccc([N+](=O)[O-])c2)c(=O)n13. The highest BCUT2D eigenvalue weighted by Crippen LogP contribution is 2.79. The monoisotopic (exact) mass is 744 g/mol. The molecule has 12 nitrogen and oxygen atoms in total. The van der Waals surface area contributed by atoms with Gasteiger partial charge in [0.05, 0.1) is 22.2 Å². The van der Waals surface area contributed by atoms with Crippen LogP contribution in [-0.4, -0.2) is 43.5 Å². The van der Waals surface area contributed by atoms with Gasteiger partial charge in [0.2, 0.25) is 0 Å². The highest BCUT2D eigenvalue weighted by molar-refractivity contribution is 5.66. The van der Waals surface area contributed by atoms with Crippen molar-refractivity contribution >= 4 is 17.6 Å². The summed E-state index contributed by atoms with van der Waals surface area (Å²) in [6.07, 6.45) is 7.11. The largest absolute Gasteiger partial charge is 0.465 e. The van der Waals surface area contributed by atoms with Gasteiger partial charge in [-0.3, -0.25) is 19.7 Å². The number of fused-ring (bicyclic) bond motifs is 7. The Bertz CT molecular complexity index is 2140. The van der Waals surface area contributed by atoms with E-state index in [1.807, 2.05) is 0 Å². The molecule has 0 spiro atoms. The predicted octanol–water partition coefficient (Wildman–Crippen LogP) is 7.25. The molecular formula is C42H56N4O8. The number of nitro groups is 1. The van der Waals surface area contributed by atoms with Gasteiger partial charge in [0, 0.05) is 36.8 Å². The predicted molar refractivity (Wildman–Crippen MR) is 201 cm³/mol. The van der Waals surface area contributed by atoms with Crippen LogP contribution in [0.2, 0.25) is 0 Å². The fraction of sp³-hybridized carbons (Fsp3) is 0.714. The zero-order valence-electron chi connectivity index (χ0n) is 33.3. The molecule has 9 atom stereocenters. The van der Waals surface area contributed by atoms with Gasteiger partial charge >= 0.3 is 23.3 Å². The Labute approximate surface area is 316 Å². The summed E-state index contributed by atoms with van der Waals surface area (Å²) in [5.41, 5.74) is -0.785. The fourth-order valence-corrected chi connectivity index (χ4v) is 14.2. The molecule has 8 rings (SSSR count). The second kappa shape index (κ2) is 11.5. The molecule has 0 N–H and O–H groups in total. The van der Waals surface area contributed by atoms with E-state index in [2.05, 4.69) is 48.5 Å². The average Bonchev–Trinajstić information content (AvgIpc) is 3.58. The fourth-order valence-electron chi connectivity index (χ4n) is 14.2. The molecule has 54 heavy (non-hydrogen) atoms. The van der Waals surface area contributed by atoms with Crippen LogP contribution in [0.15, 0.2) is 45.0 Å². The van der Waals surface area contributed by atoms with Crippen LogP contribution in [0, 0.1) is 54.9 Å². The van der Waals surface area contributed by atoms with Crippen molar-refractivity contribution in [3.8, 4) is 5.69 Å². The van der Waals surface area contributed by atoms with Gasteiger partial charge in [-0.1, -0.05) is 54.5 Å². The van der Waals surface area contributed by atoms with Crippen LogP contribution in [0.25, 0.3) is 5.69 Å². The summed E-state index contributed by atoms with van der Waals surface area (Å²) in [7, 11) is 0. The maximum Gasteiger partial charge on any atom is 0.352 e. The molecule has 4 saturated carbocycles. The van der Waals surface area contributed by atoms with Gasteiger partial charge in [0.1, 0.15) is 12.7 Å². The Morgan fingerprint density at radius 1 is 0.926 bits per heavy atom. The van der Waals surface area contributed by atoms with Crippen molar-refractivity contribution in [2.24, 2.45) is 44.8 Å². The van der Waals surface area contributed by atoms with E-state index in [-0.39, 0.29) is 75.4 Å². The second-order valence-electron chi connectivity index (χ2n) is 19.4. The van der Waals surface area contributed by atoms with Crippen LogP contribution in [0.4, 0.5) is 5.69 Å². The number of esters is 2. The van der Waals surface area contributed by atoms with Gasteiger partial charge < -0.3 is 9.47 Å². The number of non-ortho nitro benzene ring substituents is 1. The lowest BCUT2D eigenvalue weighted by Gasteiger charge is -2.72. The first-order valence-corrected chi connectivity index (χ1v) is 20.0. The maximum absolute atomic E-state index is 15.2. The van der Waals surface area contributed by atoms with Crippen molar-refractivity contribution < 1.29 is 24.0 Å². The first-order chi connectivity index (χ1) is 25.2. The van der Waals surface area contributed by atoms with Crippen molar-refractivity contribution in [1.82, 2.24) is 13.9 Å². The number of carbonyl (C=O) groups excluding carboxylic acids is 2. The zero-order chi connectivity index (χ0) is 39.1. The molecule has 0 amide bonds. The van der Waals surface area contributed by atoms with E-state index in [1.54, 1.807) is 15.4 Å². The molecule has 2 aromatic rings. The summed E-state index contributed by atoms with van der Waals surface area (Å²) in [6.45, 7) is 19.3. The summed E-state index contributed by atoms with van der Waals surface area (Å²) < 4.78 is 16.6. The van der Waals surface area contributed by atoms with Crippen LogP contribution in [-0.2, 0) is 24.6 Å². The summed E-state index contributed by atoms with van der Waals surface area (Å²) in [5, 5.41) is 11.9. The van der Waals surface area contributed by atoms with Crippen LogP contribution in [0.5, 0.6) is 0 Å². The van der Waals surface area contributed by atoms with Crippen LogP contribution in [0.1, 0.15) is 126 Å². The minimum absolute atomic E-state index is 0.0945. The average molecular weight is 745 g/mol. The highest BCUT2D eigenvalue weighted by atomic mass is 16.6. The molecule has 1 aromatic heterocycles. The quantitative estimate of drug-likeness (QED) is 0.130. The van der Waals surface area contributed by atoms with Gasteiger partial charge in [0.15, 0.2) is 0 Å². The van der Waals surface area contributed by atoms with Crippen molar-refractivity contribution in [2.45, 2.75) is 138 Å². The first-order valence-electron chi connectivity index (χ1n) is 20.0. The van der Waals surface area contributed by atoms with Gasteiger partial charge in [-0.2, -0.15) is 0 Å². The molecule has 12 heteroatoms. The Balaban J connectivity index is 1.40. The van der Waals surface area contributed by atoms with Crippen LogP contribution in [0.3, 0.4) is 0 Å². The number of aromatic nitrogens is 3. The Hall–Kier alpha value is -3.96.